The van der Waals surface area contributed by atoms with Gasteiger partial charge in [0.1, 0.15) is 34.4 Å². The van der Waals surface area contributed by atoms with Gasteiger partial charge in [0, 0.05) is 49.0 Å². The highest BCUT2D eigenvalue weighted by Gasteiger charge is 2.45. The van der Waals surface area contributed by atoms with Crippen LogP contribution < -0.4 is 31.0 Å². The summed E-state index contributed by atoms with van der Waals surface area (Å²) in [6.07, 6.45) is 2.84. The summed E-state index contributed by atoms with van der Waals surface area (Å²) in [4.78, 5) is 31.0. The van der Waals surface area contributed by atoms with E-state index in [1.807, 2.05) is 38.1 Å². The quantitative estimate of drug-likeness (QED) is 0.447. The number of hydrogen-bond acceptors (Lipinski definition) is 8. The van der Waals surface area contributed by atoms with Crippen molar-refractivity contribution < 1.29 is 19.0 Å². The molecule has 2 aromatic heterocycles. The lowest BCUT2D eigenvalue weighted by Crippen LogP contribution is -2.51. The zero-order chi connectivity index (χ0) is 26.2. The molecule has 2 aliphatic rings. The summed E-state index contributed by atoms with van der Waals surface area (Å²) in [6, 6.07) is 9.26. The summed E-state index contributed by atoms with van der Waals surface area (Å²) in [5.41, 5.74) is 3.14. The second-order valence-corrected chi connectivity index (χ2v) is 9.37. The van der Waals surface area contributed by atoms with Gasteiger partial charge in [0.05, 0.1) is 27.4 Å². The Morgan fingerprint density at radius 1 is 1.05 bits per heavy atom. The van der Waals surface area contributed by atoms with Crippen molar-refractivity contribution >= 4 is 23.1 Å². The highest BCUT2D eigenvalue weighted by molar-refractivity contribution is 5.97. The molecule has 0 aliphatic carbocycles. The number of pyridine rings is 2. The maximum atomic E-state index is 13.7. The number of hydrogen-bond donors (Lipinski definition) is 3. The highest BCUT2D eigenvalue weighted by Crippen LogP contribution is 2.34. The minimum Gasteiger partial charge on any atom is -0.497 e. The monoisotopic (exact) mass is 505 g/mol. The van der Waals surface area contributed by atoms with Crippen molar-refractivity contribution in [3.05, 3.63) is 69.3 Å². The molecule has 5 rings (SSSR count). The van der Waals surface area contributed by atoms with Crippen molar-refractivity contribution in [1.29, 1.82) is 0 Å². The van der Waals surface area contributed by atoms with Gasteiger partial charge in [-0.15, -0.1) is 0 Å². The molecule has 0 saturated carbocycles. The molecule has 10 heteroatoms. The zero-order valence-corrected chi connectivity index (χ0v) is 21.4. The molecule has 3 N–H and O–H groups in total. The molecule has 1 amide bonds. The van der Waals surface area contributed by atoms with Gasteiger partial charge in [-0.05, 0) is 43.2 Å². The molecule has 1 saturated heterocycles. The fraction of sp³-hybridized carbons (Fsp3) is 0.370. The standard InChI is InChI=1S/C27H31N5O5/c1-16-11-21(26(34)32-24(16)25(33)31-27(32)7-9-37-10-8-27)30-20-13-23(28-14-17(20)2)29-15-18-5-6-19(35-3)12-22(18)36-4/h5-6,11-14H,7-10,15H2,1-4H3,(H,31,33)(H2,28,29,30). The maximum Gasteiger partial charge on any atom is 0.276 e. The second kappa shape index (κ2) is 9.78. The van der Waals surface area contributed by atoms with Gasteiger partial charge in [0.15, 0.2) is 0 Å². The van der Waals surface area contributed by atoms with Crippen LogP contribution in [0.5, 0.6) is 11.5 Å². The number of aryl methyl sites for hydroxylation is 2. The van der Waals surface area contributed by atoms with Gasteiger partial charge >= 0.3 is 0 Å². The summed E-state index contributed by atoms with van der Waals surface area (Å²) in [5, 5.41) is 9.68. The lowest BCUT2D eigenvalue weighted by Gasteiger charge is -2.35. The molecule has 1 fully saturated rings. The molecule has 1 spiro atoms. The minimum absolute atomic E-state index is 0.219. The van der Waals surface area contributed by atoms with Gasteiger partial charge in [0.25, 0.3) is 11.5 Å². The fourth-order valence-electron chi connectivity index (χ4n) is 4.99. The van der Waals surface area contributed by atoms with Crippen LogP contribution in [0.4, 0.5) is 17.2 Å². The van der Waals surface area contributed by atoms with Crippen LogP contribution in [0.1, 0.15) is 40.0 Å². The van der Waals surface area contributed by atoms with Crippen LogP contribution in [0.2, 0.25) is 0 Å². The SMILES string of the molecule is COc1ccc(CNc2cc(Nc3cc(C)c4n(c3=O)C3(CCOCC3)NC4=O)c(C)cn2)c(OC)c1. The van der Waals surface area contributed by atoms with E-state index in [1.54, 1.807) is 31.0 Å². The number of rotatable bonds is 7. The smallest absolute Gasteiger partial charge is 0.276 e. The van der Waals surface area contributed by atoms with Crippen LogP contribution in [-0.2, 0) is 16.9 Å². The Morgan fingerprint density at radius 3 is 2.57 bits per heavy atom. The highest BCUT2D eigenvalue weighted by atomic mass is 16.5. The van der Waals surface area contributed by atoms with Crippen molar-refractivity contribution in [3.8, 4) is 11.5 Å². The third-order valence-electron chi connectivity index (χ3n) is 7.03. The molecule has 4 heterocycles. The van der Waals surface area contributed by atoms with Crippen LogP contribution in [0.25, 0.3) is 0 Å². The largest absolute Gasteiger partial charge is 0.497 e. The third-order valence-corrected chi connectivity index (χ3v) is 7.03. The molecule has 194 valence electrons. The lowest BCUT2D eigenvalue weighted by molar-refractivity contribution is 0.0120. The number of anilines is 3. The first-order chi connectivity index (χ1) is 17.8. The summed E-state index contributed by atoms with van der Waals surface area (Å²) >= 11 is 0. The van der Waals surface area contributed by atoms with E-state index >= 15 is 0 Å². The molecular weight excluding hydrogens is 474 g/mol. The van der Waals surface area contributed by atoms with E-state index < -0.39 is 5.66 Å². The number of carbonyl (C=O) groups is 1. The van der Waals surface area contributed by atoms with E-state index in [-0.39, 0.29) is 11.5 Å². The Balaban J connectivity index is 1.43. The second-order valence-electron chi connectivity index (χ2n) is 9.37. The normalized spacial score (nSPS) is 15.7. The Labute approximate surface area is 215 Å². The summed E-state index contributed by atoms with van der Waals surface area (Å²) < 4.78 is 17.9. The summed E-state index contributed by atoms with van der Waals surface area (Å²) in [5.74, 6) is 1.85. The van der Waals surface area contributed by atoms with Gasteiger partial charge in [-0.3, -0.25) is 14.2 Å². The molecule has 2 aliphatic heterocycles. The van der Waals surface area contributed by atoms with E-state index in [4.69, 9.17) is 14.2 Å². The average Bonchev–Trinajstić information content (AvgIpc) is 3.19. The molecule has 3 aromatic rings. The van der Waals surface area contributed by atoms with Gasteiger partial charge in [-0.1, -0.05) is 0 Å². The molecule has 0 unspecified atom stereocenters. The molecular formula is C27H31N5O5. The number of fused-ring (bicyclic) bond motifs is 2. The van der Waals surface area contributed by atoms with E-state index in [9.17, 15) is 9.59 Å². The fourth-order valence-corrected chi connectivity index (χ4v) is 4.99. The van der Waals surface area contributed by atoms with Crippen LogP contribution in [0.3, 0.4) is 0 Å². The number of benzene rings is 1. The van der Waals surface area contributed by atoms with E-state index in [2.05, 4.69) is 20.9 Å². The summed E-state index contributed by atoms with van der Waals surface area (Å²) in [7, 11) is 3.23. The predicted octanol–water partition coefficient (Wildman–Crippen LogP) is 3.44. The van der Waals surface area contributed by atoms with Crippen LogP contribution in [0.15, 0.2) is 41.3 Å². The molecule has 1 aromatic carbocycles. The Morgan fingerprint density at radius 2 is 1.84 bits per heavy atom. The van der Waals surface area contributed by atoms with Gasteiger partial charge in [0.2, 0.25) is 0 Å². The zero-order valence-electron chi connectivity index (χ0n) is 21.4. The number of ether oxygens (including phenoxy) is 3. The third kappa shape index (κ3) is 4.48. The van der Waals surface area contributed by atoms with Crippen molar-refractivity contribution in [3.63, 3.8) is 0 Å². The van der Waals surface area contributed by atoms with Crippen molar-refractivity contribution in [2.24, 2.45) is 0 Å². The summed E-state index contributed by atoms with van der Waals surface area (Å²) in [6.45, 7) is 5.24. The number of nitrogens with zero attached hydrogens (tertiary/aromatic N) is 2. The van der Waals surface area contributed by atoms with Crippen LogP contribution in [0, 0.1) is 13.8 Å². The van der Waals surface area contributed by atoms with E-state index in [0.717, 1.165) is 28.1 Å². The van der Waals surface area contributed by atoms with Gasteiger partial charge in [-0.25, -0.2) is 4.98 Å². The van der Waals surface area contributed by atoms with E-state index in [1.165, 1.54) is 0 Å². The number of amides is 1. The molecule has 0 radical (unpaired) electrons. The number of methoxy groups -OCH3 is 2. The van der Waals surface area contributed by atoms with Gasteiger partial charge in [-0.2, -0.15) is 0 Å². The Bertz CT molecular complexity index is 1410. The molecule has 0 atom stereocenters. The number of aromatic nitrogens is 2. The first kappa shape index (κ1) is 24.6. The van der Waals surface area contributed by atoms with Crippen LogP contribution in [-0.4, -0.2) is 42.9 Å². The maximum absolute atomic E-state index is 13.7. The topological polar surface area (TPSA) is 116 Å². The predicted molar refractivity (Wildman–Crippen MR) is 140 cm³/mol. The molecule has 0 bridgehead atoms. The molecule has 10 nitrogen and oxygen atoms in total. The van der Waals surface area contributed by atoms with Crippen molar-refractivity contribution in [2.75, 3.05) is 38.1 Å². The Kier molecular flexibility index (Phi) is 6.51. The Hall–Kier alpha value is -4.05. The van der Waals surface area contributed by atoms with Crippen molar-refractivity contribution in [1.82, 2.24) is 14.9 Å². The number of nitrogens with one attached hydrogen (secondary N) is 3. The van der Waals surface area contributed by atoms with Gasteiger partial charge < -0.3 is 30.2 Å². The lowest BCUT2D eigenvalue weighted by atomic mass is 10.0. The van der Waals surface area contributed by atoms with Crippen LogP contribution >= 0.6 is 0 Å². The minimum atomic E-state index is -0.748. The van der Waals surface area contributed by atoms with E-state index in [0.29, 0.717) is 55.5 Å². The first-order valence-corrected chi connectivity index (χ1v) is 12.2. The van der Waals surface area contributed by atoms with Crippen molar-refractivity contribution in [2.45, 2.75) is 38.9 Å². The average molecular weight is 506 g/mol. The number of carbonyl (C=O) groups excluding carboxylic acids is 1. The first-order valence-electron chi connectivity index (χ1n) is 12.2. The molecule has 37 heavy (non-hydrogen) atoms.